The van der Waals surface area contributed by atoms with Crippen molar-refractivity contribution >= 4 is 0 Å². The van der Waals surface area contributed by atoms with E-state index in [1.165, 1.54) is 6.20 Å². The molecule has 0 aromatic carbocycles. The first-order valence-electron chi connectivity index (χ1n) is 6.28. The van der Waals surface area contributed by atoms with E-state index in [0.717, 1.165) is 0 Å². The van der Waals surface area contributed by atoms with Gasteiger partial charge in [0.1, 0.15) is 11.4 Å². The molecule has 18 heavy (non-hydrogen) atoms. The summed E-state index contributed by atoms with van der Waals surface area (Å²) in [5.74, 6) is -0.375. The number of pyridine rings is 1. The summed E-state index contributed by atoms with van der Waals surface area (Å²) in [4.78, 5) is 4.11. The second kappa shape index (κ2) is 4.19. The second-order valence-corrected chi connectivity index (χ2v) is 5.04. The van der Waals surface area contributed by atoms with Gasteiger partial charge >= 0.3 is 0 Å². The number of rotatable bonds is 1. The van der Waals surface area contributed by atoms with Crippen molar-refractivity contribution in [2.45, 2.75) is 37.1 Å². The predicted octanol–water partition coefficient (Wildman–Crippen LogP) is 1.29. The van der Waals surface area contributed by atoms with Crippen molar-refractivity contribution in [1.29, 1.82) is 0 Å². The smallest absolute Gasteiger partial charge is 0.168 e. The molecule has 2 N–H and O–H groups in total. The minimum Gasteiger partial charge on any atom is -0.506 e. The van der Waals surface area contributed by atoms with Gasteiger partial charge in [-0.15, -0.1) is 0 Å². The van der Waals surface area contributed by atoms with Gasteiger partial charge < -0.3 is 19.7 Å². The molecule has 1 aromatic heterocycles. The van der Waals surface area contributed by atoms with Gasteiger partial charge in [-0.3, -0.25) is 4.98 Å². The van der Waals surface area contributed by atoms with Crippen molar-refractivity contribution in [2.24, 2.45) is 0 Å². The van der Waals surface area contributed by atoms with Crippen LogP contribution in [0.3, 0.4) is 0 Å². The summed E-state index contributed by atoms with van der Waals surface area (Å²) in [5, 5.41) is 19.8. The molecule has 1 aromatic rings. The lowest BCUT2D eigenvalue weighted by Crippen LogP contribution is -2.42. The van der Waals surface area contributed by atoms with Gasteiger partial charge in [0.25, 0.3) is 0 Å². The summed E-state index contributed by atoms with van der Waals surface area (Å²) >= 11 is 0. The van der Waals surface area contributed by atoms with Crippen molar-refractivity contribution in [3.63, 3.8) is 0 Å². The Labute approximate surface area is 105 Å². The summed E-state index contributed by atoms with van der Waals surface area (Å²) in [7, 11) is 0. The molecule has 2 heterocycles. The first-order valence-corrected chi connectivity index (χ1v) is 6.28. The number of hydrogen-bond acceptors (Lipinski definition) is 5. The van der Waals surface area contributed by atoms with Gasteiger partial charge in [0.05, 0.1) is 25.1 Å². The molecule has 1 aliphatic carbocycles. The molecule has 3 rings (SSSR count). The van der Waals surface area contributed by atoms with Gasteiger partial charge in [0, 0.05) is 12.8 Å². The molecule has 1 saturated carbocycles. The van der Waals surface area contributed by atoms with E-state index in [1.54, 1.807) is 12.1 Å². The summed E-state index contributed by atoms with van der Waals surface area (Å²) in [6.07, 6.45) is 3.83. The molecule has 5 heteroatoms. The monoisotopic (exact) mass is 251 g/mol. The lowest BCUT2D eigenvalue weighted by molar-refractivity contribution is -0.204. The van der Waals surface area contributed by atoms with Crippen LogP contribution in [0.25, 0.3) is 0 Å². The zero-order valence-electron chi connectivity index (χ0n) is 10.1. The molecule has 98 valence electrons. The zero-order valence-corrected chi connectivity index (χ0v) is 10.1. The first-order chi connectivity index (χ1) is 8.62. The van der Waals surface area contributed by atoms with Gasteiger partial charge in [0.15, 0.2) is 5.79 Å². The Morgan fingerprint density at radius 3 is 2.28 bits per heavy atom. The summed E-state index contributed by atoms with van der Waals surface area (Å²) in [5.41, 5.74) is -0.331. The van der Waals surface area contributed by atoms with Crippen LogP contribution in [0.2, 0.25) is 0 Å². The van der Waals surface area contributed by atoms with E-state index in [9.17, 15) is 10.2 Å². The maximum absolute atomic E-state index is 10.6. The minimum absolute atomic E-state index is 0.108. The van der Waals surface area contributed by atoms with E-state index < -0.39 is 11.4 Å². The Balaban J connectivity index is 1.75. The van der Waals surface area contributed by atoms with Gasteiger partial charge in [-0.1, -0.05) is 0 Å². The third-order valence-corrected chi connectivity index (χ3v) is 3.88. The fourth-order valence-electron chi connectivity index (χ4n) is 2.75. The molecule has 1 aliphatic heterocycles. The lowest BCUT2D eigenvalue weighted by atomic mass is 9.79. The molecule has 0 unspecified atom stereocenters. The number of hydrogen-bond donors (Lipinski definition) is 2. The van der Waals surface area contributed by atoms with Gasteiger partial charge in [0.2, 0.25) is 0 Å². The molecule has 0 bridgehead atoms. The van der Waals surface area contributed by atoms with Crippen molar-refractivity contribution in [1.82, 2.24) is 4.98 Å². The highest BCUT2D eigenvalue weighted by Crippen LogP contribution is 2.44. The third-order valence-electron chi connectivity index (χ3n) is 3.88. The zero-order chi connectivity index (χ0) is 12.6. The van der Waals surface area contributed by atoms with Crippen LogP contribution in [-0.4, -0.2) is 34.2 Å². The largest absolute Gasteiger partial charge is 0.506 e. The number of nitrogens with zero attached hydrogens (tertiary/aromatic N) is 1. The Bertz CT molecular complexity index is 415. The molecule has 2 fully saturated rings. The molecule has 5 nitrogen and oxygen atoms in total. The number of aliphatic hydroxyl groups is 1. The van der Waals surface area contributed by atoms with Crippen LogP contribution in [0.15, 0.2) is 18.3 Å². The van der Waals surface area contributed by atoms with Gasteiger partial charge in [-0.25, -0.2) is 0 Å². The van der Waals surface area contributed by atoms with Gasteiger partial charge in [-0.2, -0.15) is 0 Å². The quantitative estimate of drug-likeness (QED) is 0.787. The normalized spacial score (nSPS) is 25.4. The Kier molecular flexibility index (Phi) is 2.77. The summed E-state index contributed by atoms with van der Waals surface area (Å²) < 4.78 is 11.3. The van der Waals surface area contributed by atoms with E-state index in [4.69, 9.17) is 9.47 Å². The molecule has 0 radical (unpaired) electrons. The number of aromatic nitrogens is 1. The highest BCUT2D eigenvalue weighted by molar-refractivity contribution is 5.22. The molecule has 0 amide bonds. The fourth-order valence-corrected chi connectivity index (χ4v) is 2.75. The van der Waals surface area contributed by atoms with Crippen LogP contribution < -0.4 is 0 Å². The van der Waals surface area contributed by atoms with E-state index >= 15 is 0 Å². The van der Waals surface area contributed by atoms with Crippen molar-refractivity contribution in [3.05, 3.63) is 24.0 Å². The van der Waals surface area contributed by atoms with Crippen molar-refractivity contribution in [3.8, 4) is 5.75 Å². The highest BCUT2D eigenvalue weighted by atomic mass is 16.7. The van der Waals surface area contributed by atoms with E-state index in [2.05, 4.69) is 4.98 Å². The van der Waals surface area contributed by atoms with Crippen LogP contribution in [0, 0.1) is 0 Å². The van der Waals surface area contributed by atoms with Gasteiger partial charge in [-0.05, 0) is 25.0 Å². The van der Waals surface area contributed by atoms with Crippen molar-refractivity contribution in [2.75, 3.05) is 13.2 Å². The minimum atomic E-state index is -0.936. The summed E-state index contributed by atoms with van der Waals surface area (Å²) in [6.45, 7) is 1.27. The van der Waals surface area contributed by atoms with E-state index in [0.29, 0.717) is 44.6 Å². The molecule has 1 spiro atoms. The number of ether oxygens (including phenoxy) is 2. The Hall–Kier alpha value is -1.17. The molecular formula is C13H17NO4. The first kappa shape index (κ1) is 11.9. The topological polar surface area (TPSA) is 71.8 Å². The predicted molar refractivity (Wildman–Crippen MR) is 62.9 cm³/mol. The van der Waals surface area contributed by atoms with Crippen LogP contribution in [-0.2, 0) is 15.1 Å². The fraction of sp³-hybridized carbons (Fsp3) is 0.615. The lowest BCUT2D eigenvalue weighted by Gasteiger charge is -2.40. The van der Waals surface area contributed by atoms with E-state index in [1.807, 2.05) is 0 Å². The van der Waals surface area contributed by atoms with E-state index in [-0.39, 0.29) is 5.75 Å². The average molecular weight is 251 g/mol. The Morgan fingerprint density at radius 1 is 1.06 bits per heavy atom. The van der Waals surface area contributed by atoms with Crippen LogP contribution in [0.1, 0.15) is 31.4 Å². The molecule has 0 atom stereocenters. The van der Waals surface area contributed by atoms with Crippen LogP contribution in [0.4, 0.5) is 0 Å². The number of aromatic hydroxyl groups is 1. The molecule has 1 saturated heterocycles. The second-order valence-electron chi connectivity index (χ2n) is 5.04. The molecular weight excluding hydrogens is 234 g/mol. The average Bonchev–Trinajstić information content (AvgIpc) is 2.83. The maximum Gasteiger partial charge on any atom is 0.168 e. The maximum atomic E-state index is 10.6. The standard InChI is InChI=1S/C13H17NO4/c15-10-1-2-11(14-9-10)12(16)3-5-13(6-4-12)17-7-8-18-13/h1-2,9,15-16H,3-8H2. The Morgan fingerprint density at radius 2 is 1.72 bits per heavy atom. The highest BCUT2D eigenvalue weighted by Gasteiger charge is 2.46. The summed E-state index contributed by atoms with van der Waals surface area (Å²) in [6, 6.07) is 3.22. The molecule has 2 aliphatic rings. The van der Waals surface area contributed by atoms with Crippen LogP contribution in [0.5, 0.6) is 5.75 Å². The van der Waals surface area contributed by atoms with Crippen LogP contribution >= 0.6 is 0 Å². The SMILES string of the molecule is Oc1ccc(C2(O)CCC3(CC2)OCCO3)nc1. The third kappa shape index (κ3) is 1.98. The van der Waals surface area contributed by atoms with Crippen molar-refractivity contribution < 1.29 is 19.7 Å².